The van der Waals surface area contributed by atoms with Gasteiger partial charge in [-0.05, 0) is 67.6 Å². The molecular weight excluding hydrogens is 360 g/mol. The van der Waals surface area contributed by atoms with Crippen molar-refractivity contribution in [2.75, 3.05) is 23.8 Å². The number of ether oxygens (including phenoxy) is 1. The average Bonchev–Trinajstić information content (AvgIpc) is 2.71. The fraction of sp³-hybridized carbons (Fsp3) is 0.240. The minimum Gasteiger partial charge on any atom is -0.491 e. The first-order valence-corrected chi connectivity index (χ1v) is 9.98. The molecule has 3 aromatic carbocycles. The molecule has 150 valence electrons. The van der Waals surface area contributed by atoms with Crippen molar-refractivity contribution in [3.05, 3.63) is 89.5 Å². The first-order valence-electron chi connectivity index (χ1n) is 9.98. The van der Waals surface area contributed by atoms with Gasteiger partial charge in [0.1, 0.15) is 5.75 Å². The Hall–Kier alpha value is -3.27. The summed E-state index contributed by atoms with van der Waals surface area (Å²) >= 11 is 0. The van der Waals surface area contributed by atoms with Gasteiger partial charge in [-0.3, -0.25) is 4.79 Å². The molecular formula is C25H28N2O2. The van der Waals surface area contributed by atoms with Crippen LogP contribution in [0.1, 0.15) is 23.1 Å². The second kappa shape index (κ2) is 10.3. The van der Waals surface area contributed by atoms with E-state index in [1.54, 1.807) is 0 Å². The largest absolute Gasteiger partial charge is 0.491 e. The van der Waals surface area contributed by atoms with Gasteiger partial charge >= 0.3 is 0 Å². The van der Waals surface area contributed by atoms with Crippen molar-refractivity contribution < 1.29 is 9.53 Å². The van der Waals surface area contributed by atoms with E-state index in [2.05, 4.69) is 28.8 Å². The second-order valence-corrected chi connectivity index (χ2v) is 7.21. The number of carbonyl (C=O) groups excluding carboxylic acids is 1. The van der Waals surface area contributed by atoms with Crippen molar-refractivity contribution in [3.63, 3.8) is 0 Å². The molecule has 0 aliphatic rings. The molecule has 3 aromatic rings. The second-order valence-electron chi connectivity index (χ2n) is 7.21. The van der Waals surface area contributed by atoms with Crippen LogP contribution in [0.5, 0.6) is 5.75 Å². The molecule has 0 saturated carbocycles. The molecule has 0 unspecified atom stereocenters. The summed E-state index contributed by atoms with van der Waals surface area (Å²) in [4.78, 5) is 12.4. The van der Waals surface area contributed by atoms with E-state index in [1.807, 2.05) is 68.4 Å². The molecule has 0 heterocycles. The van der Waals surface area contributed by atoms with E-state index < -0.39 is 0 Å². The van der Waals surface area contributed by atoms with E-state index in [0.29, 0.717) is 18.0 Å². The Bertz CT molecular complexity index is 918. The van der Waals surface area contributed by atoms with Crippen LogP contribution in [-0.2, 0) is 11.2 Å². The van der Waals surface area contributed by atoms with Gasteiger partial charge < -0.3 is 15.4 Å². The minimum absolute atomic E-state index is 0.107. The third-order valence-electron chi connectivity index (χ3n) is 4.55. The van der Waals surface area contributed by atoms with Crippen LogP contribution in [0.3, 0.4) is 0 Å². The number of rotatable bonds is 9. The highest BCUT2D eigenvalue weighted by molar-refractivity contribution is 5.95. The maximum absolute atomic E-state index is 12.4. The Kier molecular flexibility index (Phi) is 7.28. The summed E-state index contributed by atoms with van der Waals surface area (Å²) < 4.78 is 5.92. The monoisotopic (exact) mass is 388 g/mol. The zero-order valence-corrected chi connectivity index (χ0v) is 17.1. The van der Waals surface area contributed by atoms with Crippen LogP contribution in [0.2, 0.25) is 0 Å². The van der Waals surface area contributed by atoms with Gasteiger partial charge in [-0.2, -0.15) is 0 Å². The molecule has 0 bridgehead atoms. The molecule has 3 rings (SSSR count). The summed E-state index contributed by atoms with van der Waals surface area (Å²) in [7, 11) is 0. The van der Waals surface area contributed by atoms with E-state index in [4.69, 9.17) is 4.74 Å². The molecule has 0 atom stereocenters. The summed E-state index contributed by atoms with van der Waals surface area (Å²) in [6, 6.07) is 24.1. The van der Waals surface area contributed by atoms with Crippen LogP contribution in [0.15, 0.2) is 72.8 Å². The first kappa shape index (κ1) is 20.5. The lowest BCUT2D eigenvalue weighted by atomic mass is 10.1. The van der Waals surface area contributed by atoms with Crippen molar-refractivity contribution in [1.29, 1.82) is 0 Å². The molecule has 1 amide bonds. The third kappa shape index (κ3) is 6.68. The van der Waals surface area contributed by atoms with Crippen molar-refractivity contribution >= 4 is 17.3 Å². The Balaban J connectivity index is 1.49. The molecule has 0 aromatic heterocycles. The number of para-hydroxylation sites is 2. The van der Waals surface area contributed by atoms with Crippen LogP contribution >= 0.6 is 0 Å². The van der Waals surface area contributed by atoms with Crippen LogP contribution in [-0.4, -0.2) is 19.1 Å². The fourth-order valence-electron chi connectivity index (χ4n) is 3.25. The maximum atomic E-state index is 12.4. The molecule has 0 fully saturated rings. The van der Waals surface area contributed by atoms with Gasteiger partial charge in [0.2, 0.25) is 5.91 Å². The van der Waals surface area contributed by atoms with E-state index in [1.165, 1.54) is 16.7 Å². The SMILES string of the molecule is Cc1cc(C)cc(NCC(=O)Nc2ccccc2OCCCc2ccccc2)c1. The van der Waals surface area contributed by atoms with Crippen LogP contribution < -0.4 is 15.4 Å². The number of hydrogen-bond acceptors (Lipinski definition) is 3. The highest BCUT2D eigenvalue weighted by Crippen LogP contribution is 2.24. The third-order valence-corrected chi connectivity index (χ3v) is 4.55. The van der Waals surface area contributed by atoms with Crippen LogP contribution in [0.4, 0.5) is 11.4 Å². The maximum Gasteiger partial charge on any atom is 0.243 e. The minimum atomic E-state index is -0.107. The van der Waals surface area contributed by atoms with E-state index in [-0.39, 0.29) is 12.5 Å². The van der Waals surface area contributed by atoms with Gasteiger partial charge in [-0.25, -0.2) is 0 Å². The van der Waals surface area contributed by atoms with Crippen molar-refractivity contribution in [3.8, 4) is 5.75 Å². The molecule has 0 spiro atoms. The lowest BCUT2D eigenvalue weighted by Gasteiger charge is -2.13. The smallest absolute Gasteiger partial charge is 0.243 e. The van der Waals surface area contributed by atoms with Crippen molar-refractivity contribution in [2.24, 2.45) is 0 Å². The zero-order valence-electron chi connectivity index (χ0n) is 17.1. The summed E-state index contributed by atoms with van der Waals surface area (Å²) in [5, 5.41) is 6.13. The van der Waals surface area contributed by atoms with Gasteiger partial charge in [0.05, 0.1) is 18.8 Å². The lowest BCUT2D eigenvalue weighted by molar-refractivity contribution is -0.114. The van der Waals surface area contributed by atoms with Crippen LogP contribution in [0, 0.1) is 13.8 Å². The number of hydrogen-bond donors (Lipinski definition) is 2. The molecule has 0 aliphatic heterocycles. The number of benzene rings is 3. The van der Waals surface area contributed by atoms with E-state index in [0.717, 1.165) is 18.5 Å². The zero-order chi connectivity index (χ0) is 20.5. The number of nitrogens with one attached hydrogen (secondary N) is 2. The van der Waals surface area contributed by atoms with E-state index >= 15 is 0 Å². The van der Waals surface area contributed by atoms with Crippen LogP contribution in [0.25, 0.3) is 0 Å². The molecule has 2 N–H and O–H groups in total. The highest BCUT2D eigenvalue weighted by atomic mass is 16.5. The van der Waals surface area contributed by atoms with Crippen molar-refractivity contribution in [2.45, 2.75) is 26.7 Å². The molecule has 0 saturated heterocycles. The van der Waals surface area contributed by atoms with Gasteiger partial charge in [0.25, 0.3) is 0 Å². The van der Waals surface area contributed by atoms with Crippen molar-refractivity contribution in [1.82, 2.24) is 0 Å². The van der Waals surface area contributed by atoms with Gasteiger partial charge in [0.15, 0.2) is 0 Å². The summed E-state index contributed by atoms with van der Waals surface area (Å²) in [6.45, 7) is 4.89. The molecule has 29 heavy (non-hydrogen) atoms. The summed E-state index contributed by atoms with van der Waals surface area (Å²) in [5.41, 5.74) is 5.28. The fourth-order valence-corrected chi connectivity index (χ4v) is 3.25. The Morgan fingerprint density at radius 3 is 2.34 bits per heavy atom. The lowest BCUT2D eigenvalue weighted by Crippen LogP contribution is -2.22. The van der Waals surface area contributed by atoms with E-state index in [9.17, 15) is 4.79 Å². The normalized spacial score (nSPS) is 10.4. The number of aryl methyl sites for hydroxylation is 3. The number of anilines is 2. The molecule has 0 aliphatic carbocycles. The Morgan fingerprint density at radius 1 is 0.897 bits per heavy atom. The quantitative estimate of drug-likeness (QED) is 0.485. The Labute approximate surface area is 172 Å². The van der Waals surface area contributed by atoms with Gasteiger partial charge in [-0.15, -0.1) is 0 Å². The predicted octanol–water partition coefficient (Wildman–Crippen LogP) is 5.37. The summed E-state index contributed by atoms with van der Waals surface area (Å²) in [6.07, 6.45) is 1.88. The average molecular weight is 389 g/mol. The molecule has 4 heteroatoms. The Morgan fingerprint density at radius 2 is 1.59 bits per heavy atom. The molecule has 4 nitrogen and oxygen atoms in total. The van der Waals surface area contributed by atoms with Gasteiger partial charge in [-0.1, -0.05) is 48.5 Å². The first-order chi connectivity index (χ1) is 14.1. The molecule has 0 radical (unpaired) electrons. The number of carbonyl (C=O) groups is 1. The number of amides is 1. The topological polar surface area (TPSA) is 50.4 Å². The standard InChI is InChI=1S/C25H28N2O2/c1-19-15-20(2)17-22(16-19)26-18-25(28)27-23-12-6-7-13-24(23)29-14-8-11-21-9-4-3-5-10-21/h3-7,9-10,12-13,15-17,26H,8,11,14,18H2,1-2H3,(H,27,28). The predicted molar refractivity (Wildman–Crippen MR) is 120 cm³/mol. The summed E-state index contributed by atoms with van der Waals surface area (Å²) in [5.74, 6) is 0.588. The highest BCUT2D eigenvalue weighted by Gasteiger charge is 2.08. The van der Waals surface area contributed by atoms with Gasteiger partial charge in [0, 0.05) is 5.69 Å².